The SMILES string of the molecule is C=CCn1nc(C)c(-c2c(-c3ccccc3)ncn2CCc2nn[nH]n2)c1C. The van der Waals surface area contributed by atoms with Crippen LogP contribution in [0.25, 0.3) is 22.5 Å². The lowest BCUT2D eigenvalue weighted by molar-refractivity contribution is 0.670. The van der Waals surface area contributed by atoms with Crippen molar-refractivity contribution in [2.45, 2.75) is 33.4 Å². The van der Waals surface area contributed by atoms with Gasteiger partial charge in [-0.25, -0.2) is 4.98 Å². The van der Waals surface area contributed by atoms with Gasteiger partial charge in [-0.15, -0.1) is 16.8 Å². The molecule has 0 spiro atoms. The average Bonchev–Trinajstić information content (AvgIpc) is 3.42. The Hall–Kier alpha value is -3.55. The van der Waals surface area contributed by atoms with Gasteiger partial charge >= 0.3 is 0 Å². The Balaban J connectivity index is 1.83. The minimum atomic E-state index is 0.660. The fraction of sp³-hybridized carbons (Fsp3) is 0.250. The van der Waals surface area contributed by atoms with Crippen LogP contribution in [0.5, 0.6) is 0 Å². The van der Waals surface area contributed by atoms with Crippen LogP contribution in [0.3, 0.4) is 0 Å². The number of rotatable bonds is 7. The molecule has 0 atom stereocenters. The van der Waals surface area contributed by atoms with Crippen molar-refractivity contribution in [3.05, 3.63) is 66.5 Å². The van der Waals surface area contributed by atoms with Crippen molar-refractivity contribution in [3.63, 3.8) is 0 Å². The second-order valence-electron chi connectivity index (χ2n) is 6.60. The summed E-state index contributed by atoms with van der Waals surface area (Å²) in [5, 5.41) is 19.0. The number of hydrogen-bond donors (Lipinski definition) is 1. The Morgan fingerprint density at radius 2 is 2.00 bits per heavy atom. The van der Waals surface area contributed by atoms with E-state index in [1.165, 1.54) is 0 Å². The monoisotopic (exact) mass is 374 g/mol. The summed E-state index contributed by atoms with van der Waals surface area (Å²) < 4.78 is 4.12. The second-order valence-corrected chi connectivity index (χ2v) is 6.60. The normalized spacial score (nSPS) is 11.1. The largest absolute Gasteiger partial charge is 0.330 e. The molecule has 1 aromatic carbocycles. The Morgan fingerprint density at radius 3 is 2.71 bits per heavy atom. The lowest BCUT2D eigenvalue weighted by atomic mass is 10.0. The van der Waals surface area contributed by atoms with Crippen molar-refractivity contribution in [2.24, 2.45) is 0 Å². The van der Waals surface area contributed by atoms with E-state index in [0.717, 1.165) is 33.9 Å². The maximum Gasteiger partial charge on any atom is 0.176 e. The lowest BCUT2D eigenvalue weighted by Crippen LogP contribution is -2.05. The topological polar surface area (TPSA) is 90.1 Å². The molecule has 0 radical (unpaired) electrons. The van der Waals surface area contributed by atoms with Crippen LogP contribution in [0, 0.1) is 13.8 Å². The van der Waals surface area contributed by atoms with E-state index < -0.39 is 0 Å². The third-order valence-electron chi connectivity index (χ3n) is 4.77. The second kappa shape index (κ2) is 7.59. The number of aryl methyl sites for hydroxylation is 3. The number of tetrazole rings is 1. The first-order valence-corrected chi connectivity index (χ1v) is 9.17. The van der Waals surface area contributed by atoms with Gasteiger partial charge in [0.1, 0.15) is 0 Å². The van der Waals surface area contributed by atoms with Gasteiger partial charge in [0, 0.05) is 29.8 Å². The third kappa shape index (κ3) is 3.24. The van der Waals surface area contributed by atoms with E-state index in [0.29, 0.717) is 25.3 Å². The van der Waals surface area contributed by atoms with Crippen LogP contribution in [-0.4, -0.2) is 40.0 Å². The van der Waals surface area contributed by atoms with Gasteiger partial charge < -0.3 is 4.57 Å². The standard InChI is InChI=1S/C20H22N8/c1-4-11-28-15(3)18(14(2)24-28)20-19(16-8-6-5-7-9-16)21-13-27(20)12-10-17-22-25-26-23-17/h4-9,13H,1,10-12H2,2-3H3,(H,22,23,25,26). The number of aromatic nitrogens is 8. The molecule has 0 amide bonds. The fourth-order valence-electron chi connectivity index (χ4n) is 3.47. The molecule has 8 nitrogen and oxygen atoms in total. The van der Waals surface area contributed by atoms with Crippen LogP contribution in [0.2, 0.25) is 0 Å². The summed E-state index contributed by atoms with van der Waals surface area (Å²) in [4.78, 5) is 4.74. The molecule has 4 rings (SSSR count). The highest BCUT2D eigenvalue weighted by Gasteiger charge is 2.22. The van der Waals surface area contributed by atoms with Gasteiger partial charge in [-0.05, 0) is 13.8 Å². The number of benzene rings is 1. The lowest BCUT2D eigenvalue weighted by Gasteiger charge is -2.11. The zero-order valence-corrected chi connectivity index (χ0v) is 16.0. The van der Waals surface area contributed by atoms with E-state index in [1.54, 1.807) is 0 Å². The van der Waals surface area contributed by atoms with Crippen molar-refractivity contribution < 1.29 is 0 Å². The molecule has 0 saturated carbocycles. The summed E-state index contributed by atoms with van der Waals surface area (Å²) in [6.45, 7) is 9.33. The van der Waals surface area contributed by atoms with Crippen LogP contribution < -0.4 is 0 Å². The number of imidazole rings is 1. The highest BCUT2D eigenvalue weighted by molar-refractivity contribution is 5.81. The number of H-pyrrole nitrogens is 1. The Labute approximate surface area is 162 Å². The summed E-state index contributed by atoms with van der Waals surface area (Å²) in [6, 6.07) is 10.2. The summed E-state index contributed by atoms with van der Waals surface area (Å²) in [6.07, 6.45) is 4.39. The first-order valence-electron chi connectivity index (χ1n) is 9.17. The molecular formula is C20H22N8. The Kier molecular flexibility index (Phi) is 4.84. The zero-order valence-electron chi connectivity index (χ0n) is 16.0. The average molecular weight is 374 g/mol. The quantitative estimate of drug-likeness (QED) is 0.502. The number of aromatic amines is 1. The smallest absolute Gasteiger partial charge is 0.176 e. The van der Waals surface area contributed by atoms with Crippen LogP contribution in [0.1, 0.15) is 17.2 Å². The first-order chi connectivity index (χ1) is 13.7. The number of allylic oxidation sites excluding steroid dienone is 1. The molecule has 3 aromatic heterocycles. The maximum atomic E-state index is 4.74. The number of nitrogens with zero attached hydrogens (tertiary/aromatic N) is 7. The molecule has 0 aliphatic carbocycles. The van der Waals surface area contributed by atoms with Crippen LogP contribution in [-0.2, 0) is 19.5 Å². The summed E-state index contributed by atoms with van der Waals surface area (Å²) in [5.41, 5.74) is 6.24. The molecule has 3 heterocycles. The van der Waals surface area contributed by atoms with E-state index in [-0.39, 0.29) is 0 Å². The van der Waals surface area contributed by atoms with E-state index >= 15 is 0 Å². The Bertz CT molecular complexity index is 1070. The predicted molar refractivity (Wildman–Crippen MR) is 106 cm³/mol. The van der Waals surface area contributed by atoms with Gasteiger partial charge in [0.05, 0.1) is 30.0 Å². The molecule has 142 valence electrons. The van der Waals surface area contributed by atoms with E-state index in [2.05, 4.69) is 50.8 Å². The minimum absolute atomic E-state index is 0.660. The predicted octanol–water partition coefficient (Wildman–Crippen LogP) is 2.97. The van der Waals surface area contributed by atoms with E-state index in [1.807, 2.05) is 42.2 Å². The molecule has 4 aromatic rings. The van der Waals surface area contributed by atoms with Crippen molar-refractivity contribution >= 4 is 0 Å². The summed E-state index contributed by atoms with van der Waals surface area (Å²) >= 11 is 0. The molecule has 1 N–H and O–H groups in total. The Morgan fingerprint density at radius 1 is 1.18 bits per heavy atom. The van der Waals surface area contributed by atoms with Gasteiger partial charge in [0.2, 0.25) is 0 Å². The van der Waals surface area contributed by atoms with Crippen LogP contribution >= 0.6 is 0 Å². The van der Waals surface area contributed by atoms with Crippen molar-refractivity contribution in [3.8, 4) is 22.5 Å². The van der Waals surface area contributed by atoms with Gasteiger partial charge in [-0.2, -0.15) is 10.3 Å². The molecule has 0 aliphatic heterocycles. The molecule has 0 saturated heterocycles. The number of hydrogen-bond acceptors (Lipinski definition) is 5. The molecule has 8 heteroatoms. The molecule has 0 fully saturated rings. The highest BCUT2D eigenvalue weighted by Crippen LogP contribution is 2.35. The molecule has 0 aliphatic rings. The third-order valence-corrected chi connectivity index (χ3v) is 4.77. The van der Waals surface area contributed by atoms with Crippen LogP contribution in [0.15, 0.2) is 49.3 Å². The van der Waals surface area contributed by atoms with Crippen molar-refractivity contribution in [2.75, 3.05) is 0 Å². The van der Waals surface area contributed by atoms with Crippen molar-refractivity contribution in [1.29, 1.82) is 0 Å². The van der Waals surface area contributed by atoms with Gasteiger partial charge in [-0.1, -0.05) is 41.6 Å². The fourth-order valence-corrected chi connectivity index (χ4v) is 3.47. The molecule has 28 heavy (non-hydrogen) atoms. The minimum Gasteiger partial charge on any atom is -0.330 e. The van der Waals surface area contributed by atoms with Gasteiger partial charge in [0.25, 0.3) is 0 Å². The first kappa shape index (κ1) is 17.8. The molecular weight excluding hydrogens is 352 g/mol. The van der Waals surface area contributed by atoms with E-state index in [9.17, 15) is 0 Å². The maximum absolute atomic E-state index is 4.74. The zero-order chi connectivity index (χ0) is 19.5. The molecule has 0 bridgehead atoms. The van der Waals surface area contributed by atoms with Crippen LogP contribution in [0.4, 0.5) is 0 Å². The van der Waals surface area contributed by atoms with Gasteiger partial charge in [0.15, 0.2) is 5.82 Å². The van der Waals surface area contributed by atoms with Crippen molar-refractivity contribution in [1.82, 2.24) is 40.0 Å². The molecule has 0 unspecified atom stereocenters. The van der Waals surface area contributed by atoms with E-state index in [4.69, 9.17) is 10.1 Å². The highest BCUT2D eigenvalue weighted by atomic mass is 15.5. The number of nitrogens with one attached hydrogen (secondary N) is 1. The summed E-state index contributed by atoms with van der Waals surface area (Å²) in [5.74, 6) is 0.678. The summed E-state index contributed by atoms with van der Waals surface area (Å²) in [7, 11) is 0. The van der Waals surface area contributed by atoms with Gasteiger partial charge in [-0.3, -0.25) is 4.68 Å².